The van der Waals surface area contributed by atoms with Crippen molar-refractivity contribution in [2.45, 2.75) is 27.3 Å². The Morgan fingerprint density at radius 2 is 1.59 bits per heavy atom. The fourth-order valence-electron chi connectivity index (χ4n) is 3.17. The molecule has 8 nitrogen and oxygen atoms in total. The van der Waals surface area contributed by atoms with Crippen molar-refractivity contribution >= 4 is 5.91 Å². The summed E-state index contributed by atoms with van der Waals surface area (Å²) in [6.45, 7) is 7.39. The third-order valence-corrected chi connectivity index (χ3v) is 4.56. The summed E-state index contributed by atoms with van der Waals surface area (Å²) in [5.74, 6) is 2.46. The van der Waals surface area contributed by atoms with Crippen molar-refractivity contribution in [3.8, 4) is 34.3 Å². The molecule has 8 heteroatoms. The van der Waals surface area contributed by atoms with Crippen molar-refractivity contribution in [2.24, 2.45) is 0 Å². The predicted octanol–water partition coefficient (Wildman–Crippen LogP) is 4.48. The van der Waals surface area contributed by atoms with Gasteiger partial charge in [-0.25, -0.2) is 4.98 Å². The molecule has 3 aromatic rings. The van der Waals surface area contributed by atoms with Crippen LogP contribution < -0.4 is 24.3 Å². The molecule has 0 unspecified atom stereocenters. The third kappa shape index (κ3) is 5.32. The van der Waals surface area contributed by atoms with Gasteiger partial charge in [0.2, 0.25) is 5.75 Å². The highest BCUT2D eigenvalue weighted by Gasteiger charge is 2.20. The van der Waals surface area contributed by atoms with E-state index in [9.17, 15) is 4.79 Å². The molecule has 0 aliphatic carbocycles. The zero-order chi connectivity index (χ0) is 22.9. The van der Waals surface area contributed by atoms with Gasteiger partial charge < -0.3 is 28.7 Å². The molecule has 0 aliphatic heterocycles. The third-order valence-electron chi connectivity index (χ3n) is 4.56. The molecule has 2 aromatic carbocycles. The lowest BCUT2D eigenvalue weighted by atomic mass is 10.1. The number of benzene rings is 2. The summed E-state index contributed by atoms with van der Waals surface area (Å²) in [7, 11) is 1.59. The van der Waals surface area contributed by atoms with E-state index in [0.29, 0.717) is 48.6 Å². The van der Waals surface area contributed by atoms with Gasteiger partial charge in [-0.3, -0.25) is 4.79 Å². The molecule has 1 aromatic heterocycles. The highest BCUT2D eigenvalue weighted by atomic mass is 16.5. The van der Waals surface area contributed by atoms with E-state index in [-0.39, 0.29) is 18.1 Å². The molecule has 3 rings (SSSR count). The number of methoxy groups -OCH3 is 1. The zero-order valence-corrected chi connectivity index (χ0v) is 18.8. The highest BCUT2D eigenvalue weighted by Crippen LogP contribution is 2.39. The van der Waals surface area contributed by atoms with Crippen LogP contribution in [0.25, 0.3) is 11.3 Å². The minimum Gasteiger partial charge on any atom is -0.497 e. The Morgan fingerprint density at radius 3 is 2.16 bits per heavy atom. The van der Waals surface area contributed by atoms with Gasteiger partial charge in [0.15, 0.2) is 29.3 Å². The molecule has 0 aliphatic rings. The SMILES string of the molecule is CCOc1cc(CNC(=O)c2ncoc2-c2ccc(OC)cc2)cc(OCC)c1OCC. The van der Waals surface area contributed by atoms with E-state index in [1.54, 1.807) is 19.2 Å². The number of amides is 1. The second-order valence-electron chi connectivity index (χ2n) is 6.66. The van der Waals surface area contributed by atoms with Crippen LogP contribution in [0.3, 0.4) is 0 Å². The number of carbonyl (C=O) groups is 1. The molecular weight excluding hydrogens is 412 g/mol. The maximum absolute atomic E-state index is 12.8. The first kappa shape index (κ1) is 23.0. The fourth-order valence-corrected chi connectivity index (χ4v) is 3.17. The molecule has 0 bridgehead atoms. The van der Waals surface area contributed by atoms with Crippen LogP contribution in [0.15, 0.2) is 47.2 Å². The van der Waals surface area contributed by atoms with E-state index in [2.05, 4.69) is 10.3 Å². The van der Waals surface area contributed by atoms with Gasteiger partial charge in [0.05, 0.1) is 26.9 Å². The second-order valence-corrected chi connectivity index (χ2v) is 6.66. The molecule has 170 valence electrons. The van der Waals surface area contributed by atoms with Gasteiger partial charge in [0.1, 0.15) is 5.75 Å². The molecule has 0 atom stereocenters. The van der Waals surface area contributed by atoms with Gasteiger partial charge in [-0.15, -0.1) is 0 Å². The molecular formula is C24H28N2O6. The molecule has 1 amide bonds. The van der Waals surface area contributed by atoms with E-state index in [4.69, 9.17) is 23.4 Å². The number of carbonyl (C=O) groups excluding carboxylic acids is 1. The summed E-state index contributed by atoms with van der Waals surface area (Å²) in [5, 5.41) is 2.89. The topological polar surface area (TPSA) is 92.1 Å². The van der Waals surface area contributed by atoms with Crippen LogP contribution in [0.5, 0.6) is 23.0 Å². The van der Waals surface area contributed by atoms with Gasteiger partial charge in [-0.2, -0.15) is 0 Å². The first-order chi connectivity index (χ1) is 15.6. The quantitative estimate of drug-likeness (QED) is 0.470. The average molecular weight is 440 g/mol. The Kier molecular flexibility index (Phi) is 7.96. The average Bonchev–Trinajstić information content (AvgIpc) is 3.30. The minimum atomic E-state index is -0.352. The summed E-state index contributed by atoms with van der Waals surface area (Å²) in [6, 6.07) is 10.9. The normalized spacial score (nSPS) is 10.5. The van der Waals surface area contributed by atoms with Gasteiger partial charge in [0, 0.05) is 12.1 Å². The van der Waals surface area contributed by atoms with Crippen molar-refractivity contribution in [1.29, 1.82) is 0 Å². The van der Waals surface area contributed by atoms with Crippen LogP contribution in [-0.2, 0) is 6.54 Å². The Balaban J connectivity index is 1.79. The number of hydrogen-bond acceptors (Lipinski definition) is 7. The zero-order valence-electron chi connectivity index (χ0n) is 18.8. The maximum Gasteiger partial charge on any atom is 0.274 e. The minimum absolute atomic E-state index is 0.205. The number of nitrogens with zero attached hydrogens (tertiary/aromatic N) is 1. The van der Waals surface area contributed by atoms with Gasteiger partial charge in [-0.1, -0.05) is 0 Å². The summed E-state index contributed by atoms with van der Waals surface area (Å²) in [5.41, 5.74) is 1.74. The predicted molar refractivity (Wildman–Crippen MR) is 120 cm³/mol. The number of aromatic nitrogens is 1. The van der Waals surface area contributed by atoms with Crippen LogP contribution >= 0.6 is 0 Å². The lowest BCUT2D eigenvalue weighted by Crippen LogP contribution is -2.23. The smallest absolute Gasteiger partial charge is 0.274 e. The van der Waals surface area contributed by atoms with Crippen molar-refractivity contribution in [3.05, 3.63) is 54.0 Å². The summed E-state index contributed by atoms with van der Waals surface area (Å²) in [4.78, 5) is 16.9. The first-order valence-electron chi connectivity index (χ1n) is 10.5. The second kappa shape index (κ2) is 11.1. The van der Waals surface area contributed by atoms with Crippen molar-refractivity contribution in [2.75, 3.05) is 26.9 Å². The molecule has 32 heavy (non-hydrogen) atoms. The van der Waals surface area contributed by atoms with E-state index in [0.717, 1.165) is 11.1 Å². The molecule has 0 spiro atoms. The van der Waals surface area contributed by atoms with Crippen LogP contribution in [0.2, 0.25) is 0 Å². The molecule has 1 heterocycles. The monoisotopic (exact) mass is 440 g/mol. The number of oxazole rings is 1. The molecule has 0 fully saturated rings. The number of hydrogen-bond donors (Lipinski definition) is 1. The summed E-state index contributed by atoms with van der Waals surface area (Å²) in [6.07, 6.45) is 1.26. The Morgan fingerprint density at radius 1 is 0.969 bits per heavy atom. The van der Waals surface area contributed by atoms with Crippen molar-refractivity contribution in [3.63, 3.8) is 0 Å². The van der Waals surface area contributed by atoms with Crippen molar-refractivity contribution in [1.82, 2.24) is 10.3 Å². The van der Waals surface area contributed by atoms with Crippen LogP contribution in [0.4, 0.5) is 0 Å². The van der Waals surface area contributed by atoms with Crippen LogP contribution in [-0.4, -0.2) is 37.8 Å². The Hall–Kier alpha value is -3.68. The van der Waals surface area contributed by atoms with Gasteiger partial charge >= 0.3 is 0 Å². The van der Waals surface area contributed by atoms with Gasteiger partial charge in [0.25, 0.3) is 5.91 Å². The fraction of sp³-hybridized carbons (Fsp3) is 0.333. The first-order valence-corrected chi connectivity index (χ1v) is 10.5. The van der Waals surface area contributed by atoms with E-state index >= 15 is 0 Å². The standard InChI is InChI=1S/C24H28N2O6/c1-5-29-19-12-16(13-20(30-6-2)23(19)31-7-3)14-25-24(27)21-22(32-15-26-21)17-8-10-18(28-4)11-9-17/h8-13,15H,5-7,14H2,1-4H3,(H,25,27). The maximum atomic E-state index is 12.8. The van der Waals surface area contributed by atoms with Crippen LogP contribution in [0.1, 0.15) is 36.8 Å². The molecule has 0 saturated carbocycles. The number of ether oxygens (including phenoxy) is 4. The highest BCUT2D eigenvalue weighted by molar-refractivity contribution is 5.97. The van der Waals surface area contributed by atoms with E-state index < -0.39 is 0 Å². The van der Waals surface area contributed by atoms with E-state index in [1.807, 2.05) is 45.0 Å². The number of rotatable bonds is 11. The number of nitrogens with one attached hydrogen (secondary N) is 1. The Labute approximate surface area is 187 Å². The summed E-state index contributed by atoms with van der Waals surface area (Å²) >= 11 is 0. The molecule has 0 radical (unpaired) electrons. The lowest BCUT2D eigenvalue weighted by Gasteiger charge is -2.17. The molecule has 0 saturated heterocycles. The van der Waals surface area contributed by atoms with Crippen LogP contribution in [0, 0.1) is 0 Å². The largest absolute Gasteiger partial charge is 0.497 e. The lowest BCUT2D eigenvalue weighted by molar-refractivity contribution is 0.0946. The van der Waals surface area contributed by atoms with E-state index in [1.165, 1.54) is 6.39 Å². The Bertz CT molecular complexity index is 1000. The molecule has 1 N–H and O–H groups in total. The van der Waals surface area contributed by atoms with Gasteiger partial charge in [-0.05, 0) is 62.7 Å². The van der Waals surface area contributed by atoms with Crippen molar-refractivity contribution < 1.29 is 28.2 Å². The summed E-state index contributed by atoms with van der Waals surface area (Å²) < 4.78 is 27.8.